The van der Waals surface area contributed by atoms with E-state index >= 15 is 0 Å². The fraction of sp³-hybridized carbons (Fsp3) is 0.571. The molecule has 0 saturated carbocycles. The van der Waals surface area contributed by atoms with Crippen molar-refractivity contribution in [2.45, 2.75) is 32.2 Å². The highest BCUT2D eigenvalue weighted by Gasteiger charge is 2.19. The normalized spacial score (nSPS) is 20.6. The van der Waals surface area contributed by atoms with Gasteiger partial charge in [-0.15, -0.1) is 0 Å². The average molecular weight is 344 g/mol. The van der Waals surface area contributed by atoms with Crippen LogP contribution >= 0.6 is 22.6 Å². The number of halogens is 1. The van der Waals surface area contributed by atoms with Gasteiger partial charge in [0.25, 0.3) is 0 Å². The second kappa shape index (κ2) is 6.59. The lowest BCUT2D eigenvalue weighted by Gasteiger charge is -2.35. The molecule has 1 aromatic rings. The van der Waals surface area contributed by atoms with Crippen LogP contribution < -0.4 is 10.2 Å². The molecular formula is C14H21IN2. The van der Waals surface area contributed by atoms with Crippen LogP contribution in [0.2, 0.25) is 0 Å². The number of benzene rings is 1. The molecule has 0 amide bonds. The third-order valence-corrected chi connectivity index (χ3v) is 3.95. The highest BCUT2D eigenvalue weighted by molar-refractivity contribution is 14.1. The first-order chi connectivity index (χ1) is 8.29. The number of nitrogens with one attached hydrogen (secondary N) is 1. The van der Waals surface area contributed by atoms with Gasteiger partial charge < -0.3 is 10.2 Å². The lowest BCUT2D eigenvalue weighted by atomic mass is 10.0. The first kappa shape index (κ1) is 13.1. The molecule has 1 atom stereocenters. The predicted octanol–water partition coefficient (Wildman–Crippen LogP) is 3.26. The largest absolute Gasteiger partial charge is 0.370 e. The van der Waals surface area contributed by atoms with E-state index in [4.69, 9.17) is 0 Å². The Morgan fingerprint density at radius 1 is 1.47 bits per heavy atom. The maximum absolute atomic E-state index is 3.64. The van der Waals surface area contributed by atoms with E-state index in [1.165, 1.54) is 35.1 Å². The average Bonchev–Trinajstić information content (AvgIpc) is 2.37. The summed E-state index contributed by atoms with van der Waals surface area (Å²) in [4.78, 5) is 2.51. The van der Waals surface area contributed by atoms with Gasteiger partial charge in [0, 0.05) is 28.4 Å². The van der Waals surface area contributed by atoms with Gasteiger partial charge in [-0.2, -0.15) is 0 Å². The molecule has 3 heteroatoms. The van der Waals surface area contributed by atoms with Crippen LogP contribution in [0.15, 0.2) is 24.3 Å². The van der Waals surface area contributed by atoms with Crippen molar-refractivity contribution in [1.29, 1.82) is 0 Å². The Morgan fingerprint density at radius 3 is 3.12 bits per heavy atom. The van der Waals surface area contributed by atoms with Gasteiger partial charge in [-0.1, -0.05) is 13.0 Å². The molecule has 1 aliphatic rings. The van der Waals surface area contributed by atoms with Gasteiger partial charge in [-0.3, -0.25) is 0 Å². The first-order valence-electron chi connectivity index (χ1n) is 6.53. The molecule has 1 aromatic carbocycles. The van der Waals surface area contributed by atoms with Gasteiger partial charge in [0.2, 0.25) is 0 Å². The summed E-state index contributed by atoms with van der Waals surface area (Å²) < 4.78 is 1.32. The molecule has 2 rings (SSSR count). The lowest BCUT2D eigenvalue weighted by Crippen LogP contribution is -2.46. The molecule has 0 bridgehead atoms. The van der Waals surface area contributed by atoms with Crippen molar-refractivity contribution in [1.82, 2.24) is 5.32 Å². The fourth-order valence-corrected chi connectivity index (χ4v) is 2.93. The molecule has 0 aromatic heterocycles. The Hall–Kier alpha value is -0.290. The molecule has 1 heterocycles. The van der Waals surface area contributed by atoms with E-state index in [0.717, 1.165) is 13.1 Å². The quantitative estimate of drug-likeness (QED) is 0.844. The Bertz CT molecular complexity index is 354. The topological polar surface area (TPSA) is 15.3 Å². The SMILES string of the molecule is CCCNC1CCCN(c2cccc(I)c2)C1. The van der Waals surface area contributed by atoms with Gasteiger partial charge in [0.1, 0.15) is 0 Å². The van der Waals surface area contributed by atoms with Crippen LogP contribution in [0.25, 0.3) is 0 Å². The molecule has 94 valence electrons. The molecule has 1 saturated heterocycles. The van der Waals surface area contributed by atoms with Crippen molar-refractivity contribution in [3.63, 3.8) is 0 Å². The van der Waals surface area contributed by atoms with E-state index in [2.05, 4.69) is 64.0 Å². The zero-order valence-electron chi connectivity index (χ0n) is 10.5. The number of hydrogen-bond donors (Lipinski definition) is 1. The lowest BCUT2D eigenvalue weighted by molar-refractivity contribution is 0.423. The summed E-state index contributed by atoms with van der Waals surface area (Å²) >= 11 is 2.39. The molecule has 2 nitrogen and oxygen atoms in total. The van der Waals surface area contributed by atoms with Crippen molar-refractivity contribution < 1.29 is 0 Å². The molecule has 17 heavy (non-hydrogen) atoms. The maximum atomic E-state index is 3.64. The summed E-state index contributed by atoms with van der Waals surface area (Å²) in [5.74, 6) is 0. The Morgan fingerprint density at radius 2 is 2.35 bits per heavy atom. The minimum absolute atomic E-state index is 0.668. The second-order valence-corrected chi connectivity index (χ2v) is 5.96. The maximum Gasteiger partial charge on any atom is 0.0377 e. The Labute approximate surface area is 118 Å². The second-order valence-electron chi connectivity index (χ2n) is 4.72. The number of hydrogen-bond acceptors (Lipinski definition) is 2. The summed E-state index contributed by atoms with van der Waals surface area (Å²) in [5.41, 5.74) is 1.37. The van der Waals surface area contributed by atoms with E-state index in [-0.39, 0.29) is 0 Å². The predicted molar refractivity (Wildman–Crippen MR) is 82.7 cm³/mol. The van der Waals surface area contributed by atoms with E-state index in [1.807, 2.05) is 0 Å². The van der Waals surface area contributed by atoms with Gasteiger partial charge in [0.05, 0.1) is 0 Å². The molecule has 1 fully saturated rings. The summed E-state index contributed by atoms with van der Waals surface area (Å²) in [7, 11) is 0. The van der Waals surface area contributed by atoms with Crippen molar-refractivity contribution in [3.8, 4) is 0 Å². The van der Waals surface area contributed by atoms with Crippen molar-refractivity contribution in [3.05, 3.63) is 27.8 Å². The molecule has 0 aliphatic carbocycles. The van der Waals surface area contributed by atoms with Crippen LogP contribution in [0.1, 0.15) is 26.2 Å². The van der Waals surface area contributed by atoms with Gasteiger partial charge in [-0.05, 0) is 66.6 Å². The summed E-state index contributed by atoms with van der Waals surface area (Å²) in [6, 6.07) is 9.48. The van der Waals surface area contributed by atoms with Crippen LogP contribution in [0, 0.1) is 3.57 Å². The summed E-state index contributed by atoms with van der Waals surface area (Å²) in [5, 5.41) is 3.64. The molecular weight excluding hydrogens is 323 g/mol. The zero-order valence-corrected chi connectivity index (χ0v) is 12.6. The molecule has 1 N–H and O–H groups in total. The highest BCUT2D eigenvalue weighted by atomic mass is 127. The van der Waals surface area contributed by atoms with Crippen molar-refractivity contribution >= 4 is 28.3 Å². The van der Waals surface area contributed by atoms with E-state index in [9.17, 15) is 0 Å². The smallest absolute Gasteiger partial charge is 0.0377 e. The van der Waals surface area contributed by atoms with E-state index < -0.39 is 0 Å². The zero-order chi connectivity index (χ0) is 12.1. The molecule has 1 unspecified atom stereocenters. The fourth-order valence-electron chi connectivity index (χ4n) is 2.40. The molecule has 1 aliphatic heterocycles. The van der Waals surface area contributed by atoms with Gasteiger partial charge in [-0.25, -0.2) is 0 Å². The van der Waals surface area contributed by atoms with Crippen LogP contribution in [-0.2, 0) is 0 Å². The number of anilines is 1. The van der Waals surface area contributed by atoms with Crippen LogP contribution in [0.5, 0.6) is 0 Å². The number of nitrogens with zero attached hydrogens (tertiary/aromatic N) is 1. The van der Waals surface area contributed by atoms with Crippen molar-refractivity contribution in [2.75, 3.05) is 24.5 Å². The standard InChI is InChI=1S/C14H21IN2/c1-2-8-16-13-6-4-9-17(11-13)14-7-3-5-12(15)10-14/h3,5,7,10,13,16H,2,4,6,8-9,11H2,1H3. The minimum Gasteiger partial charge on any atom is -0.370 e. The van der Waals surface area contributed by atoms with Crippen LogP contribution in [0.3, 0.4) is 0 Å². The number of rotatable bonds is 4. The van der Waals surface area contributed by atoms with Crippen molar-refractivity contribution in [2.24, 2.45) is 0 Å². The van der Waals surface area contributed by atoms with Crippen LogP contribution in [-0.4, -0.2) is 25.7 Å². The van der Waals surface area contributed by atoms with E-state index in [1.54, 1.807) is 0 Å². The highest BCUT2D eigenvalue weighted by Crippen LogP contribution is 2.21. The molecule has 0 spiro atoms. The Balaban J connectivity index is 1.97. The molecule has 0 radical (unpaired) electrons. The Kier molecular flexibility index (Phi) is 5.10. The van der Waals surface area contributed by atoms with Gasteiger partial charge in [0.15, 0.2) is 0 Å². The third-order valence-electron chi connectivity index (χ3n) is 3.28. The van der Waals surface area contributed by atoms with E-state index in [0.29, 0.717) is 6.04 Å². The first-order valence-corrected chi connectivity index (χ1v) is 7.61. The van der Waals surface area contributed by atoms with Crippen LogP contribution in [0.4, 0.5) is 5.69 Å². The third kappa shape index (κ3) is 3.85. The number of piperidine rings is 1. The minimum atomic E-state index is 0.668. The summed E-state index contributed by atoms with van der Waals surface area (Å²) in [6.45, 7) is 5.72. The monoisotopic (exact) mass is 344 g/mol. The van der Waals surface area contributed by atoms with Gasteiger partial charge >= 0.3 is 0 Å². The summed E-state index contributed by atoms with van der Waals surface area (Å²) in [6.07, 6.45) is 3.84.